The molecule has 1 saturated heterocycles. The van der Waals surface area contributed by atoms with Crippen molar-refractivity contribution in [3.8, 4) is 0 Å². The molecule has 0 saturated carbocycles. The first-order chi connectivity index (χ1) is 7.34. The number of quaternary nitrogens is 1. The molecule has 15 heavy (non-hydrogen) atoms. The Kier molecular flexibility index (Phi) is 9.62. The average Bonchev–Trinajstić information content (AvgIpc) is 2.29. The van der Waals surface area contributed by atoms with Crippen LogP contribution in [0.2, 0.25) is 0 Å². The fraction of sp³-hybridized carbons (Fsp3) is 0.923. The second-order valence-electron chi connectivity index (χ2n) is 4.62. The lowest BCUT2D eigenvalue weighted by Gasteiger charge is -2.30. The van der Waals surface area contributed by atoms with Crippen LogP contribution in [0.25, 0.3) is 0 Å². The molecule has 1 N–H and O–H groups in total. The first kappa shape index (κ1) is 14.5. The van der Waals surface area contributed by atoms with Crippen molar-refractivity contribution in [2.24, 2.45) is 0 Å². The second kappa shape index (κ2) is 9.98. The zero-order valence-corrected chi connectivity index (χ0v) is 10.4. The van der Waals surface area contributed by atoms with Gasteiger partial charge < -0.3 is 16.7 Å². The predicted molar refractivity (Wildman–Crippen MR) is 63.1 cm³/mol. The molecule has 0 aromatic rings. The van der Waals surface area contributed by atoms with E-state index in [2.05, 4.69) is 13.8 Å². The molecule has 1 rings (SSSR count). The first-order valence-corrected chi connectivity index (χ1v) is 6.41. The van der Waals surface area contributed by atoms with Crippen molar-refractivity contribution < 1.29 is 4.90 Å². The molecule has 1 heterocycles. The third kappa shape index (κ3) is 6.52. The van der Waals surface area contributed by atoms with Gasteiger partial charge in [-0.15, -0.1) is 0 Å². The maximum absolute atomic E-state index is 6.25. The Morgan fingerprint density at radius 3 is 2.53 bits per heavy atom. The van der Waals surface area contributed by atoms with Crippen LogP contribution in [0.15, 0.2) is 0 Å². The molecule has 1 aliphatic rings. The van der Waals surface area contributed by atoms with Crippen LogP contribution in [0.5, 0.6) is 0 Å². The monoisotopic (exact) mass is 210 g/mol. The van der Waals surface area contributed by atoms with Crippen LogP contribution in [-0.2, 0) is 0 Å². The van der Waals surface area contributed by atoms with E-state index in [1.165, 1.54) is 58.0 Å². The summed E-state index contributed by atoms with van der Waals surface area (Å²) in [6, 6.07) is 0.940. The van der Waals surface area contributed by atoms with Gasteiger partial charge in [-0.05, 0) is 39.0 Å². The molecular weight excluding hydrogens is 184 g/mol. The van der Waals surface area contributed by atoms with E-state index in [0.717, 1.165) is 6.04 Å². The molecule has 88 valence electrons. The Morgan fingerprint density at radius 1 is 1.20 bits per heavy atom. The number of hydrogen-bond acceptors (Lipinski definition) is 1. The van der Waals surface area contributed by atoms with Crippen molar-refractivity contribution in [2.75, 3.05) is 13.1 Å². The Balaban J connectivity index is 0.000000921. The van der Waals surface area contributed by atoms with Crippen LogP contribution in [0.4, 0.5) is 0 Å². The summed E-state index contributed by atoms with van der Waals surface area (Å²) in [5.74, 6) is 0. The molecule has 0 radical (unpaired) electrons. The van der Waals surface area contributed by atoms with Crippen molar-refractivity contribution >= 4 is 0 Å². The highest BCUT2D eigenvalue weighted by Crippen LogP contribution is 2.03. The van der Waals surface area contributed by atoms with Crippen molar-refractivity contribution in [1.29, 1.82) is 5.26 Å². The lowest BCUT2D eigenvalue weighted by Crippen LogP contribution is -3.16. The van der Waals surface area contributed by atoms with Crippen LogP contribution in [0.3, 0.4) is 0 Å². The molecule has 1 fully saturated rings. The van der Waals surface area contributed by atoms with E-state index in [1.807, 2.05) is 4.90 Å². The van der Waals surface area contributed by atoms with Gasteiger partial charge >= 0.3 is 0 Å². The molecule has 0 aromatic heterocycles. The quantitative estimate of drug-likeness (QED) is 0.546. The number of nitrogens with one attached hydrogen (secondary N) is 1. The molecule has 2 unspecified atom stereocenters. The van der Waals surface area contributed by atoms with E-state index < -0.39 is 0 Å². The predicted octanol–water partition coefficient (Wildman–Crippen LogP) is 2.12. The van der Waals surface area contributed by atoms with E-state index in [9.17, 15) is 0 Å². The Bertz CT molecular complexity index is 154. The zero-order chi connectivity index (χ0) is 11.5. The summed E-state index contributed by atoms with van der Waals surface area (Å²) in [5.41, 5.74) is 0. The van der Waals surface area contributed by atoms with E-state index in [0.29, 0.717) is 0 Å². The minimum Gasteiger partial charge on any atom is -0.512 e. The molecule has 1 aliphatic heterocycles. The lowest BCUT2D eigenvalue weighted by molar-refractivity contribution is -0.928. The highest BCUT2D eigenvalue weighted by molar-refractivity contribution is 4.55. The molecule has 0 aliphatic carbocycles. The lowest BCUT2D eigenvalue weighted by atomic mass is 10.0. The number of rotatable bonds is 5. The third-order valence-electron chi connectivity index (χ3n) is 3.43. The smallest absolute Gasteiger partial charge is 0.0846 e. The summed E-state index contributed by atoms with van der Waals surface area (Å²) in [6.07, 6.45) is 10.1. The fourth-order valence-electron chi connectivity index (χ4n) is 2.40. The van der Waals surface area contributed by atoms with Crippen LogP contribution < -0.4 is 4.90 Å². The largest absolute Gasteiger partial charge is 0.512 e. The fourth-order valence-corrected chi connectivity index (χ4v) is 2.40. The standard InChI is InChI=1S/C12H25N.CN/c1-3-4-5-7-10-13-11-8-6-9-12(13)2;1-2/h12H,3-11H2,1-2H3;/q;-1/p+1. The van der Waals surface area contributed by atoms with E-state index in [1.54, 1.807) is 0 Å². The molecule has 2 heteroatoms. The molecular formula is C13H26N2. The van der Waals surface area contributed by atoms with E-state index >= 15 is 0 Å². The molecule has 0 aromatic carbocycles. The van der Waals surface area contributed by atoms with Gasteiger partial charge in [0.15, 0.2) is 0 Å². The third-order valence-corrected chi connectivity index (χ3v) is 3.43. The topological polar surface area (TPSA) is 28.2 Å². The summed E-state index contributed by atoms with van der Waals surface area (Å²) in [4.78, 5) is 1.88. The van der Waals surface area contributed by atoms with Gasteiger partial charge in [-0.2, -0.15) is 0 Å². The summed E-state index contributed by atoms with van der Waals surface area (Å²) in [6.45, 7) is 12.3. The number of nitrogens with zero attached hydrogens (tertiary/aromatic N) is 1. The summed E-state index contributed by atoms with van der Waals surface area (Å²) >= 11 is 0. The molecule has 0 spiro atoms. The number of piperidine rings is 1. The van der Waals surface area contributed by atoms with Crippen LogP contribution >= 0.6 is 0 Å². The second-order valence-corrected chi connectivity index (χ2v) is 4.62. The van der Waals surface area contributed by atoms with Crippen LogP contribution in [-0.4, -0.2) is 19.1 Å². The van der Waals surface area contributed by atoms with Crippen molar-refractivity contribution in [3.63, 3.8) is 0 Å². The van der Waals surface area contributed by atoms with Crippen molar-refractivity contribution in [2.45, 2.75) is 64.8 Å². The Hall–Kier alpha value is -0.550. The van der Waals surface area contributed by atoms with Gasteiger partial charge in [0.2, 0.25) is 0 Å². The highest BCUT2D eigenvalue weighted by atomic mass is 15.1. The Morgan fingerprint density at radius 2 is 1.93 bits per heavy atom. The van der Waals surface area contributed by atoms with Gasteiger partial charge in [-0.1, -0.05) is 19.8 Å². The molecule has 0 amide bonds. The summed E-state index contributed by atoms with van der Waals surface area (Å²) in [7, 11) is 0. The minimum atomic E-state index is 0.940. The average molecular weight is 210 g/mol. The Labute approximate surface area is 95.3 Å². The number of unbranched alkanes of at least 4 members (excludes halogenated alkanes) is 3. The number of hydrogen-bond donors (Lipinski definition) is 1. The molecule has 2 nitrogen and oxygen atoms in total. The molecule has 2 atom stereocenters. The normalized spacial score (nSPS) is 25.3. The van der Waals surface area contributed by atoms with Gasteiger partial charge in [-0.3, -0.25) is 0 Å². The SMILES string of the molecule is CCCCCC[NH+]1CCCCC1C.[C-]#N. The van der Waals surface area contributed by atoms with E-state index in [4.69, 9.17) is 11.8 Å². The maximum Gasteiger partial charge on any atom is 0.0846 e. The van der Waals surface area contributed by atoms with Gasteiger partial charge in [0.05, 0.1) is 19.1 Å². The number of likely N-dealkylation sites (tertiary alicyclic amines) is 1. The molecule has 0 bridgehead atoms. The van der Waals surface area contributed by atoms with Crippen LogP contribution in [0, 0.1) is 11.8 Å². The van der Waals surface area contributed by atoms with Crippen molar-refractivity contribution in [3.05, 3.63) is 6.57 Å². The zero-order valence-electron chi connectivity index (χ0n) is 10.4. The van der Waals surface area contributed by atoms with Gasteiger partial charge in [0, 0.05) is 0 Å². The maximum atomic E-state index is 6.25. The van der Waals surface area contributed by atoms with E-state index in [-0.39, 0.29) is 0 Å². The van der Waals surface area contributed by atoms with Gasteiger partial charge in [-0.25, -0.2) is 0 Å². The van der Waals surface area contributed by atoms with Gasteiger partial charge in [0.1, 0.15) is 0 Å². The minimum absolute atomic E-state index is 0.940. The summed E-state index contributed by atoms with van der Waals surface area (Å²) in [5, 5.41) is 6.25. The highest BCUT2D eigenvalue weighted by Gasteiger charge is 2.20. The van der Waals surface area contributed by atoms with Crippen LogP contribution in [0.1, 0.15) is 58.8 Å². The van der Waals surface area contributed by atoms with Crippen molar-refractivity contribution in [1.82, 2.24) is 0 Å². The first-order valence-electron chi connectivity index (χ1n) is 6.41. The van der Waals surface area contributed by atoms with Gasteiger partial charge in [0.25, 0.3) is 0 Å². The summed E-state index contributed by atoms with van der Waals surface area (Å²) < 4.78 is 0.